The quantitative estimate of drug-likeness (QED) is 0.889. The molecule has 4 heteroatoms. The Morgan fingerprint density at radius 1 is 1.25 bits per heavy atom. The zero-order chi connectivity index (χ0) is 13.9. The van der Waals surface area contributed by atoms with E-state index in [1.54, 1.807) is 7.11 Å². The third-order valence-corrected chi connectivity index (χ3v) is 4.41. The SMILES string of the molecule is COCc1ccc(C(CN)N2CC3CCC(C2)O3)cc1. The molecule has 3 rings (SSSR count). The topological polar surface area (TPSA) is 47.7 Å². The molecule has 1 aromatic rings. The van der Waals surface area contributed by atoms with Crippen molar-refractivity contribution < 1.29 is 9.47 Å². The summed E-state index contributed by atoms with van der Waals surface area (Å²) in [6.07, 6.45) is 3.22. The Balaban J connectivity index is 1.72. The van der Waals surface area contributed by atoms with Gasteiger partial charge in [-0.2, -0.15) is 0 Å². The third kappa shape index (κ3) is 2.88. The van der Waals surface area contributed by atoms with E-state index in [0.717, 1.165) is 13.1 Å². The summed E-state index contributed by atoms with van der Waals surface area (Å²) in [7, 11) is 1.72. The zero-order valence-corrected chi connectivity index (χ0v) is 12.1. The molecule has 0 aliphatic carbocycles. The maximum absolute atomic E-state index is 6.04. The molecule has 0 saturated carbocycles. The second kappa shape index (κ2) is 6.22. The second-order valence-electron chi connectivity index (χ2n) is 5.84. The van der Waals surface area contributed by atoms with Crippen molar-refractivity contribution in [1.82, 2.24) is 4.90 Å². The van der Waals surface area contributed by atoms with Gasteiger partial charge in [0.25, 0.3) is 0 Å². The Morgan fingerprint density at radius 3 is 2.45 bits per heavy atom. The van der Waals surface area contributed by atoms with Gasteiger partial charge in [0.2, 0.25) is 0 Å². The molecule has 0 spiro atoms. The number of hydrogen-bond acceptors (Lipinski definition) is 4. The fourth-order valence-electron chi connectivity index (χ4n) is 3.40. The molecule has 0 aromatic heterocycles. The van der Waals surface area contributed by atoms with Gasteiger partial charge >= 0.3 is 0 Å². The van der Waals surface area contributed by atoms with Gasteiger partial charge in [-0.1, -0.05) is 24.3 Å². The molecular weight excluding hydrogens is 252 g/mol. The summed E-state index contributed by atoms with van der Waals surface area (Å²) in [5.74, 6) is 0. The molecular formula is C16H24N2O2. The minimum atomic E-state index is 0.304. The molecule has 110 valence electrons. The number of rotatable bonds is 5. The van der Waals surface area contributed by atoms with Crippen molar-refractivity contribution in [2.75, 3.05) is 26.7 Å². The van der Waals surface area contributed by atoms with Crippen LogP contribution in [0.15, 0.2) is 24.3 Å². The van der Waals surface area contributed by atoms with Crippen molar-refractivity contribution in [3.63, 3.8) is 0 Å². The molecule has 1 aromatic carbocycles. The summed E-state index contributed by atoms with van der Waals surface area (Å²) in [6.45, 7) is 3.34. The van der Waals surface area contributed by atoms with Crippen LogP contribution in [0.5, 0.6) is 0 Å². The number of nitrogens with two attached hydrogens (primary N) is 1. The predicted molar refractivity (Wildman–Crippen MR) is 78.4 cm³/mol. The van der Waals surface area contributed by atoms with Gasteiger partial charge in [0.05, 0.1) is 18.8 Å². The highest BCUT2D eigenvalue weighted by molar-refractivity contribution is 5.25. The van der Waals surface area contributed by atoms with Crippen LogP contribution in [-0.2, 0) is 16.1 Å². The van der Waals surface area contributed by atoms with E-state index >= 15 is 0 Å². The third-order valence-electron chi connectivity index (χ3n) is 4.41. The van der Waals surface area contributed by atoms with E-state index in [4.69, 9.17) is 15.2 Å². The van der Waals surface area contributed by atoms with Crippen LogP contribution in [0, 0.1) is 0 Å². The van der Waals surface area contributed by atoms with Gasteiger partial charge in [-0.25, -0.2) is 0 Å². The van der Waals surface area contributed by atoms with Crippen molar-refractivity contribution in [3.05, 3.63) is 35.4 Å². The van der Waals surface area contributed by atoms with Crippen molar-refractivity contribution in [1.29, 1.82) is 0 Å². The summed E-state index contributed by atoms with van der Waals surface area (Å²) >= 11 is 0. The molecule has 2 heterocycles. The lowest BCUT2D eigenvalue weighted by Gasteiger charge is -2.37. The number of fused-ring (bicyclic) bond motifs is 2. The van der Waals surface area contributed by atoms with Crippen LogP contribution in [-0.4, -0.2) is 43.9 Å². The fourth-order valence-corrected chi connectivity index (χ4v) is 3.40. The highest BCUT2D eigenvalue weighted by Gasteiger charge is 2.36. The Labute approximate surface area is 120 Å². The standard InChI is InChI=1S/C16H24N2O2/c1-19-11-12-2-4-13(5-3-12)16(8-17)18-9-14-6-7-15(10-18)20-14/h2-5,14-16H,6-11,17H2,1H3. The summed E-state index contributed by atoms with van der Waals surface area (Å²) in [4.78, 5) is 2.50. The van der Waals surface area contributed by atoms with Crippen LogP contribution in [0.1, 0.15) is 30.0 Å². The molecule has 3 unspecified atom stereocenters. The fraction of sp³-hybridized carbons (Fsp3) is 0.625. The van der Waals surface area contributed by atoms with Crippen LogP contribution >= 0.6 is 0 Å². The zero-order valence-electron chi connectivity index (χ0n) is 12.1. The van der Waals surface area contributed by atoms with Crippen molar-refractivity contribution in [2.24, 2.45) is 5.73 Å². The second-order valence-corrected chi connectivity index (χ2v) is 5.84. The average molecular weight is 276 g/mol. The summed E-state index contributed by atoms with van der Waals surface area (Å²) in [5, 5.41) is 0. The first-order valence-corrected chi connectivity index (χ1v) is 7.47. The van der Waals surface area contributed by atoms with Gasteiger partial charge in [0.1, 0.15) is 0 Å². The molecule has 0 amide bonds. The number of ether oxygens (including phenoxy) is 2. The number of nitrogens with zero attached hydrogens (tertiary/aromatic N) is 1. The van der Waals surface area contributed by atoms with E-state index in [-0.39, 0.29) is 0 Å². The van der Waals surface area contributed by atoms with E-state index < -0.39 is 0 Å². The van der Waals surface area contributed by atoms with Crippen molar-refractivity contribution in [3.8, 4) is 0 Å². The molecule has 20 heavy (non-hydrogen) atoms. The summed E-state index contributed by atoms with van der Waals surface area (Å²) < 4.78 is 11.1. The van der Waals surface area contributed by atoms with Crippen molar-refractivity contribution >= 4 is 0 Å². The summed E-state index contributed by atoms with van der Waals surface area (Å²) in [5.41, 5.74) is 8.54. The van der Waals surface area contributed by atoms with E-state index in [1.165, 1.54) is 24.0 Å². The molecule has 2 N–H and O–H groups in total. The highest BCUT2D eigenvalue weighted by atomic mass is 16.5. The monoisotopic (exact) mass is 276 g/mol. The van der Waals surface area contributed by atoms with Crippen LogP contribution in [0.2, 0.25) is 0 Å². The first-order valence-electron chi connectivity index (χ1n) is 7.47. The first kappa shape index (κ1) is 14.0. The van der Waals surface area contributed by atoms with Gasteiger partial charge in [0, 0.05) is 32.8 Å². The normalized spacial score (nSPS) is 27.7. The van der Waals surface area contributed by atoms with Gasteiger partial charge in [0.15, 0.2) is 0 Å². The van der Waals surface area contributed by atoms with E-state index in [2.05, 4.69) is 29.2 Å². The lowest BCUT2D eigenvalue weighted by molar-refractivity contribution is -0.0521. The van der Waals surface area contributed by atoms with Gasteiger partial charge in [-0.05, 0) is 24.0 Å². The van der Waals surface area contributed by atoms with Gasteiger partial charge < -0.3 is 15.2 Å². The van der Waals surface area contributed by atoms with Crippen LogP contribution in [0.4, 0.5) is 0 Å². The Bertz CT molecular complexity index is 423. The van der Waals surface area contributed by atoms with E-state index in [1.807, 2.05) is 0 Å². The van der Waals surface area contributed by atoms with Crippen LogP contribution < -0.4 is 5.73 Å². The Kier molecular flexibility index (Phi) is 4.36. The Hall–Kier alpha value is -0.940. The minimum Gasteiger partial charge on any atom is -0.380 e. The maximum Gasteiger partial charge on any atom is 0.0713 e. The Morgan fingerprint density at radius 2 is 1.90 bits per heavy atom. The number of morpholine rings is 1. The van der Waals surface area contributed by atoms with Crippen LogP contribution in [0.25, 0.3) is 0 Å². The number of benzene rings is 1. The average Bonchev–Trinajstić information content (AvgIpc) is 2.81. The van der Waals surface area contributed by atoms with Crippen LogP contribution in [0.3, 0.4) is 0 Å². The lowest BCUT2D eigenvalue weighted by Crippen LogP contribution is -2.46. The smallest absolute Gasteiger partial charge is 0.0713 e. The molecule has 2 bridgehead atoms. The molecule has 2 saturated heterocycles. The lowest BCUT2D eigenvalue weighted by atomic mass is 10.0. The molecule has 4 nitrogen and oxygen atoms in total. The molecule has 2 fully saturated rings. The maximum atomic E-state index is 6.04. The predicted octanol–water partition coefficient (Wildman–Crippen LogP) is 1.70. The van der Waals surface area contributed by atoms with E-state index in [0.29, 0.717) is 31.4 Å². The highest BCUT2D eigenvalue weighted by Crippen LogP contribution is 2.31. The largest absolute Gasteiger partial charge is 0.380 e. The molecule has 2 aliphatic heterocycles. The minimum absolute atomic E-state index is 0.304. The van der Waals surface area contributed by atoms with Gasteiger partial charge in [-0.3, -0.25) is 4.90 Å². The van der Waals surface area contributed by atoms with E-state index in [9.17, 15) is 0 Å². The first-order chi connectivity index (χ1) is 9.80. The molecule has 0 radical (unpaired) electrons. The molecule has 2 aliphatic rings. The number of hydrogen-bond donors (Lipinski definition) is 1. The molecule has 3 atom stereocenters. The van der Waals surface area contributed by atoms with Crippen molar-refractivity contribution in [2.45, 2.75) is 37.7 Å². The number of likely N-dealkylation sites (tertiary alicyclic amines) is 1. The summed E-state index contributed by atoms with van der Waals surface area (Å²) in [6, 6.07) is 8.94. The van der Waals surface area contributed by atoms with Gasteiger partial charge in [-0.15, -0.1) is 0 Å². The number of methoxy groups -OCH3 is 1.